The van der Waals surface area contributed by atoms with Crippen LogP contribution in [0.15, 0.2) is 0 Å². The van der Waals surface area contributed by atoms with Gasteiger partial charge in [-0.25, -0.2) is 4.57 Å². The second-order valence-electron chi connectivity index (χ2n) is 16.8. The van der Waals surface area contributed by atoms with Crippen molar-refractivity contribution in [3.8, 4) is 0 Å². The van der Waals surface area contributed by atoms with Gasteiger partial charge in [0.05, 0.1) is 13.2 Å². The minimum Gasteiger partial charge on any atom is -0.463 e. The Morgan fingerprint density at radius 2 is 0.789 bits per heavy atom. The molecule has 340 valence electrons. The number of nitrogens with one attached hydrogen (secondary N) is 1. The zero-order chi connectivity index (χ0) is 41.8. The van der Waals surface area contributed by atoms with Crippen LogP contribution in [-0.2, 0) is 27.9 Å². The van der Waals surface area contributed by atoms with Gasteiger partial charge in [-0.2, -0.15) is 0 Å². The molecule has 0 aliphatic rings. The van der Waals surface area contributed by atoms with E-state index >= 15 is 0 Å². The van der Waals surface area contributed by atoms with Gasteiger partial charge in [-0.15, -0.1) is 0 Å². The Kier molecular flexibility index (Phi) is 43.8. The molecule has 0 spiro atoms. The van der Waals surface area contributed by atoms with Gasteiger partial charge in [-0.1, -0.05) is 232 Å². The monoisotopic (exact) mass is 832 g/mol. The summed E-state index contributed by atoms with van der Waals surface area (Å²) in [6, 6.07) is 0. The Labute approximate surface area is 352 Å². The molecule has 0 saturated carbocycles. The average Bonchev–Trinajstić information content (AvgIpc) is 3.20. The highest BCUT2D eigenvalue weighted by molar-refractivity contribution is 7.47. The summed E-state index contributed by atoms with van der Waals surface area (Å²) in [6.45, 7) is 3.62. The van der Waals surface area contributed by atoms with Crippen LogP contribution in [-0.4, -0.2) is 54.3 Å². The summed E-state index contributed by atoms with van der Waals surface area (Å²) in [5.41, 5.74) is 0. The number of carbonyl (C=O) groups is 2. The van der Waals surface area contributed by atoms with Crippen LogP contribution in [0.2, 0.25) is 0 Å². The van der Waals surface area contributed by atoms with Gasteiger partial charge in [0.25, 0.3) is 0 Å². The van der Waals surface area contributed by atoms with Gasteiger partial charge in [0, 0.05) is 19.4 Å². The second kappa shape index (κ2) is 44.6. The average molecular weight is 832 g/mol. The summed E-state index contributed by atoms with van der Waals surface area (Å²) in [4.78, 5) is 34.0. The van der Waals surface area contributed by atoms with E-state index in [1.807, 2.05) is 0 Å². The van der Waals surface area contributed by atoms with Gasteiger partial charge in [0.2, 0.25) is 5.91 Å². The number of amides is 1. The minimum atomic E-state index is -4.41. The van der Waals surface area contributed by atoms with Crippen LogP contribution in [0.4, 0.5) is 0 Å². The smallest absolute Gasteiger partial charge is 0.463 e. The van der Waals surface area contributed by atoms with E-state index in [1.165, 1.54) is 193 Å². The number of phosphoric ester groups is 1. The van der Waals surface area contributed by atoms with Crippen LogP contribution in [0.1, 0.15) is 258 Å². The molecule has 0 saturated heterocycles. The molecule has 0 fully saturated rings. The summed E-state index contributed by atoms with van der Waals surface area (Å²) in [5.74, 6) is -0.499. The fourth-order valence-electron chi connectivity index (χ4n) is 7.32. The van der Waals surface area contributed by atoms with Crippen LogP contribution in [0, 0.1) is 0 Å². The highest BCUT2D eigenvalue weighted by Gasteiger charge is 2.23. The quantitative estimate of drug-likeness (QED) is 0.0314. The Balaban J connectivity index is 3.51. The van der Waals surface area contributed by atoms with Crippen molar-refractivity contribution in [2.75, 3.05) is 26.4 Å². The fourth-order valence-corrected chi connectivity index (χ4v) is 8.08. The van der Waals surface area contributed by atoms with Crippen LogP contribution in [0.3, 0.4) is 0 Å². The molecule has 2 atom stereocenters. The van der Waals surface area contributed by atoms with Crippen LogP contribution >= 0.6 is 7.82 Å². The third-order valence-electron chi connectivity index (χ3n) is 11.0. The molecule has 0 aliphatic heterocycles. The first kappa shape index (κ1) is 56.0. The lowest BCUT2D eigenvalue weighted by Crippen LogP contribution is -2.27. The molecule has 0 aromatic heterocycles. The summed E-state index contributed by atoms with van der Waals surface area (Å²) < 4.78 is 27.0. The fraction of sp³-hybridized carbons (Fsp3) is 0.957. The largest absolute Gasteiger partial charge is 0.472 e. The van der Waals surface area contributed by atoms with E-state index in [1.54, 1.807) is 0 Å². The number of aliphatic hydroxyl groups is 1. The molecule has 0 aromatic rings. The van der Waals surface area contributed by atoms with E-state index < -0.39 is 26.5 Å². The number of unbranched alkanes of at least 4 members (excludes halogenated alkanes) is 34. The molecule has 0 aromatic carbocycles. The zero-order valence-corrected chi connectivity index (χ0v) is 38.5. The molecule has 1 amide bonds. The van der Waals surface area contributed by atoms with E-state index in [9.17, 15) is 24.2 Å². The molecular formula is C47H94NO8P. The number of esters is 1. The third kappa shape index (κ3) is 45.9. The van der Waals surface area contributed by atoms with E-state index in [4.69, 9.17) is 13.8 Å². The van der Waals surface area contributed by atoms with E-state index in [2.05, 4.69) is 19.2 Å². The number of hydrogen-bond donors (Lipinski definition) is 3. The highest BCUT2D eigenvalue weighted by Crippen LogP contribution is 2.42. The normalized spacial score (nSPS) is 13.1. The predicted octanol–water partition coefficient (Wildman–Crippen LogP) is 14.0. The van der Waals surface area contributed by atoms with E-state index in [0.717, 1.165) is 38.5 Å². The lowest BCUT2D eigenvalue weighted by molar-refractivity contribution is -0.147. The number of rotatable bonds is 47. The van der Waals surface area contributed by atoms with E-state index in [0.29, 0.717) is 12.8 Å². The van der Waals surface area contributed by atoms with Crippen molar-refractivity contribution in [2.45, 2.75) is 264 Å². The molecule has 0 aliphatic carbocycles. The second-order valence-corrected chi connectivity index (χ2v) is 18.3. The van der Waals surface area contributed by atoms with Crippen molar-refractivity contribution in [2.24, 2.45) is 0 Å². The van der Waals surface area contributed by atoms with Gasteiger partial charge in [-0.3, -0.25) is 18.6 Å². The Morgan fingerprint density at radius 1 is 0.474 bits per heavy atom. The standard InChI is InChI=1S/C47H94NO8P/c1-3-5-7-9-11-13-15-17-19-21-22-24-25-27-29-31-33-35-37-39-46(50)48-41-42-55-57(52,53)56-44-45(49)43-54-47(51)40-38-36-34-32-30-28-26-23-20-18-16-14-12-10-8-6-4-2/h45,49H,3-44H2,1-2H3,(H,48,50)(H,52,53). The van der Waals surface area contributed by atoms with Crippen molar-refractivity contribution in [1.82, 2.24) is 5.32 Å². The summed E-state index contributed by atoms with van der Waals surface area (Å²) in [5, 5.41) is 12.7. The zero-order valence-electron chi connectivity index (χ0n) is 37.6. The molecule has 57 heavy (non-hydrogen) atoms. The van der Waals surface area contributed by atoms with Crippen LogP contribution in [0.25, 0.3) is 0 Å². The minimum absolute atomic E-state index is 0.0887. The first-order chi connectivity index (χ1) is 27.8. The molecule has 0 heterocycles. The topological polar surface area (TPSA) is 131 Å². The lowest BCUT2D eigenvalue weighted by atomic mass is 10.0. The number of phosphoric acid groups is 1. The van der Waals surface area contributed by atoms with Crippen molar-refractivity contribution in [3.05, 3.63) is 0 Å². The number of aliphatic hydroxyl groups excluding tert-OH is 1. The summed E-state index contributed by atoms with van der Waals surface area (Å²) in [7, 11) is -4.41. The van der Waals surface area contributed by atoms with Gasteiger partial charge < -0.3 is 20.1 Å². The number of hydrogen-bond acceptors (Lipinski definition) is 7. The number of carbonyl (C=O) groups excluding carboxylic acids is 2. The summed E-state index contributed by atoms with van der Waals surface area (Å²) in [6.07, 6.45) is 46.1. The van der Waals surface area contributed by atoms with Gasteiger partial charge >= 0.3 is 13.8 Å². The maximum absolute atomic E-state index is 12.1. The molecule has 9 nitrogen and oxygen atoms in total. The SMILES string of the molecule is CCCCCCCCCCCCCCCCCCCCCC(=O)NCCOP(=O)(O)OCC(O)COC(=O)CCCCCCCCCCCCCCCCCCC. The molecule has 10 heteroatoms. The lowest BCUT2D eigenvalue weighted by Gasteiger charge is -2.15. The van der Waals surface area contributed by atoms with Gasteiger partial charge in [-0.05, 0) is 12.8 Å². The van der Waals surface area contributed by atoms with Crippen molar-refractivity contribution in [3.63, 3.8) is 0 Å². The Hall–Kier alpha value is -0.990. The van der Waals surface area contributed by atoms with Crippen molar-refractivity contribution < 1.29 is 37.9 Å². The Morgan fingerprint density at radius 3 is 1.14 bits per heavy atom. The van der Waals surface area contributed by atoms with E-state index in [-0.39, 0.29) is 25.7 Å². The maximum Gasteiger partial charge on any atom is 0.472 e. The maximum atomic E-state index is 12.1. The first-order valence-electron chi connectivity index (χ1n) is 24.5. The van der Waals surface area contributed by atoms with Crippen LogP contribution in [0.5, 0.6) is 0 Å². The van der Waals surface area contributed by atoms with Gasteiger partial charge in [0.1, 0.15) is 12.7 Å². The first-order valence-corrected chi connectivity index (χ1v) is 26.0. The van der Waals surface area contributed by atoms with Crippen LogP contribution < -0.4 is 5.32 Å². The Bertz CT molecular complexity index is 907. The van der Waals surface area contributed by atoms with Crippen molar-refractivity contribution in [1.29, 1.82) is 0 Å². The predicted molar refractivity (Wildman–Crippen MR) is 238 cm³/mol. The summed E-state index contributed by atoms with van der Waals surface area (Å²) >= 11 is 0. The molecule has 0 radical (unpaired) electrons. The van der Waals surface area contributed by atoms with Crippen molar-refractivity contribution >= 4 is 19.7 Å². The van der Waals surface area contributed by atoms with Gasteiger partial charge in [0.15, 0.2) is 0 Å². The molecular weight excluding hydrogens is 737 g/mol. The molecule has 2 unspecified atom stereocenters. The highest BCUT2D eigenvalue weighted by atomic mass is 31.2. The molecule has 0 rings (SSSR count). The number of ether oxygens (including phenoxy) is 1. The third-order valence-corrected chi connectivity index (χ3v) is 12.0. The molecule has 3 N–H and O–H groups in total. The molecule has 0 bridgehead atoms.